The Morgan fingerprint density at radius 1 is 1.06 bits per heavy atom. The molecule has 0 bridgehead atoms. The molecule has 0 amide bonds. The van der Waals surface area contributed by atoms with Crippen molar-refractivity contribution in [3.05, 3.63) is 35.6 Å². The zero-order valence-corrected chi connectivity index (χ0v) is 9.48. The lowest BCUT2D eigenvalue weighted by Gasteiger charge is -2.40. The minimum atomic E-state index is -1.37. The van der Waals surface area contributed by atoms with E-state index < -0.39 is 42.9 Å². The van der Waals surface area contributed by atoms with Crippen molar-refractivity contribution in [1.82, 2.24) is 0 Å². The first-order valence-corrected chi connectivity index (χ1v) is 5.60. The first-order valence-electron chi connectivity index (χ1n) is 5.60. The number of ether oxygens (including phenoxy) is 1. The van der Waals surface area contributed by atoms with Crippen LogP contribution in [0.15, 0.2) is 24.3 Å². The van der Waals surface area contributed by atoms with Crippen molar-refractivity contribution >= 4 is 0 Å². The van der Waals surface area contributed by atoms with E-state index in [-0.39, 0.29) is 0 Å². The smallest absolute Gasteiger partial charge is 0.164 e. The van der Waals surface area contributed by atoms with Crippen LogP contribution in [0.5, 0.6) is 0 Å². The molecule has 1 aromatic rings. The number of benzene rings is 1. The summed E-state index contributed by atoms with van der Waals surface area (Å²) in [4.78, 5) is 0. The van der Waals surface area contributed by atoms with Crippen molar-refractivity contribution in [2.45, 2.75) is 30.5 Å². The molecule has 4 N–H and O–H groups in total. The van der Waals surface area contributed by atoms with Crippen LogP contribution in [0, 0.1) is 5.82 Å². The molecule has 6 heteroatoms. The molecule has 0 spiro atoms. The van der Waals surface area contributed by atoms with E-state index in [2.05, 4.69) is 0 Å². The molecule has 1 aliphatic rings. The quantitative estimate of drug-likeness (QED) is 0.565. The van der Waals surface area contributed by atoms with Gasteiger partial charge in [0, 0.05) is 0 Å². The molecule has 1 unspecified atom stereocenters. The van der Waals surface area contributed by atoms with Crippen molar-refractivity contribution in [2.75, 3.05) is 6.61 Å². The standard InChI is InChI=1S/C12H15FO5/c13-7-3-1-6(2-4-7)9-11(16)10(15)8(5-14)18-12(9)17/h1-4,8-12,14-17H,5H2/t8-,9-,10+,11-,12?/m1/s1. The molecule has 1 aromatic carbocycles. The molecule has 1 saturated heterocycles. The summed E-state index contributed by atoms with van der Waals surface area (Å²) in [6.07, 6.45) is -5.01. The lowest BCUT2D eigenvalue weighted by molar-refractivity contribution is -0.251. The van der Waals surface area contributed by atoms with Gasteiger partial charge in [-0.1, -0.05) is 12.1 Å². The average Bonchev–Trinajstić information content (AvgIpc) is 2.36. The van der Waals surface area contributed by atoms with Crippen LogP contribution in [0.2, 0.25) is 0 Å². The fraction of sp³-hybridized carbons (Fsp3) is 0.500. The van der Waals surface area contributed by atoms with Crippen LogP contribution in [0.25, 0.3) is 0 Å². The van der Waals surface area contributed by atoms with Gasteiger partial charge >= 0.3 is 0 Å². The van der Waals surface area contributed by atoms with Crippen molar-refractivity contribution in [1.29, 1.82) is 0 Å². The van der Waals surface area contributed by atoms with Gasteiger partial charge in [-0.05, 0) is 17.7 Å². The summed E-state index contributed by atoms with van der Waals surface area (Å²) in [7, 11) is 0. The zero-order valence-electron chi connectivity index (χ0n) is 9.48. The second kappa shape index (κ2) is 5.29. The van der Waals surface area contributed by atoms with Gasteiger partial charge in [-0.15, -0.1) is 0 Å². The molecule has 18 heavy (non-hydrogen) atoms. The Labute approximate surface area is 103 Å². The first kappa shape index (κ1) is 13.4. The molecule has 5 atom stereocenters. The summed E-state index contributed by atoms with van der Waals surface area (Å²) in [6.45, 7) is -0.509. The molecule has 100 valence electrons. The molecule has 0 aromatic heterocycles. The van der Waals surface area contributed by atoms with Crippen molar-refractivity contribution in [3.8, 4) is 0 Å². The summed E-state index contributed by atoms with van der Waals surface area (Å²) in [5, 5.41) is 38.4. The number of rotatable bonds is 2. The van der Waals surface area contributed by atoms with Crippen LogP contribution in [0.4, 0.5) is 4.39 Å². The van der Waals surface area contributed by atoms with Crippen molar-refractivity contribution < 1.29 is 29.6 Å². The molecule has 0 saturated carbocycles. The van der Waals surface area contributed by atoms with Gasteiger partial charge in [-0.2, -0.15) is 0 Å². The molecule has 0 radical (unpaired) electrons. The van der Waals surface area contributed by atoms with E-state index in [1.54, 1.807) is 0 Å². The molecular formula is C12H15FO5. The fourth-order valence-electron chi connectivity index (χ4n) is 2.14. The highest BCUT2D eigenvalue weighted by Crippen LogP contribution is 2.33. The van der Waals surface area contributed by atoms with E-state index in [1.807, 2.05) is 0 Å². The summed E-state index contributed by atoms with van der Waals surface area (Å²) in [5.41, 5.74) is 0.451. The predicted octanol–water partition coefficient (Wildman–Crippen LogP) is -0.659. The number of aliphatic hydroxyl groups is 4. The van der Waals surface area contributed by atoms with Gasteiger partial charge in [-0.3, -0.25) is 0 Å². The zero-order chi connectivity index (χ0) is 13.3. The first-order chi connectivity index (χ1) is 8.54. The third kappa shape index (κ3) is 2.38. The van der Waals surface area contributed by atoms with Crippen LogP contribution in [-0.2, 0) is 4.74 Å². The molecule has 1 heterocycles. The van der Waals surface area contributed by atoms with Gasteiger partial charge in [0.15, 0.2) is 6.29 Å². The Morgan fingerprint density at radius 2 is 1.67 bits per heavy atom. The van der Waals surface area contributed by atoms with Crippen LogP contribution >= 0.6 is 0 Å². The summed E-state index contributed by atoms with van der Waals surface area (Å²) >= 11 is 0. The summed E-state index contributed by atoms with van der Waals surface area (Å²) in [6, 6.07) is 5.20. The van der Waals surface area contributed by atoms with E-state index in [0.717, 1.165) is 0 Å². The van der Waals surface area contributed by atoms with Crippen LogP contribution < -0.4 is 0 Å². The number of hydrogen-bond acceptors (Lipinski definition) is 5. The fourth-order valence-corrected chi connectivity index (χ4v) is 2.14. The monoisotopic (exact) mass is 258 g/mol. The van der Waals surface area contributed by atoms with Gasteiger partial charge < -0.3 is 25.2 Å². The van der Waals surface area contributed by atoms with Crippen LogP contribution in [-0.4, -0.2) is 51.6 Å². The van der Waals surface area contributed by atoms with Crippen molar-refractivity contribution in [2.24, 2.45) is 0 Å². The van der Waals surface area contributed by atoms with E-state index in [0.29, 0.717) is 5.56 Å². The van der Waals surface area contributed by atoms with Crippen LogP contribution in [0.1, 0.15) is 11.5 Å². The molecule has 2 rings (SSSR count). The Bertz CT molecular complexity index is 396. The maximum absolute atomic E-state index is 12.8. The Kier molecular flexibility index (Phi) is 3.94. The lowest BCUT2D eigenvalue weighted by atomic mass is 9.85. The topological polar surface area (TPSA) is 90.2 Å². The Hall–Kier alpha value is -1.05. The van der Waals surface area contributed by atoms with Crippen LogP contribution in [0.3, 0.4) is 0 Å². The average molecular weight is 258 g/mol. The van der Waals surface area contributed by atoms with E-state index in [9.17, 15) is 19.7 Å². The highest BCUT2D eigenvalue weighted by molar-refractivity contribution is 5.23. The molecule has 0 aliphatic carbocycles. The van der Waals surface area contributed by atoms with E-state index in [1.165, 1.54) is 24.3 Å². The molecular weight excluding hydrogens is 243 g/mol. The van der Waals surface area contributed by atoms with Crippen molar-refractivity contribution in [3.63, 3.8) is 0 Å². The minimum Gasteiger partial charge on any atom is -0.394 e. The maximum atomic E-state index is 12.8. The second-order valence-corrected chi connectivity index (χ2v) is 4.31. The Morgan fingerprint density at radius 3 is 2.22 bits per heavy atom. The number of aliphatic hydroxyl groups excluding tert-OH is 4. The molecule has 1 aliphatic heterocycles. The SMILES string of the molecule is OC[C@H]1OC(O)[C@H](c2ccc(F)cc2)[C@@H](O)[C@H]1O. The van der Waals surface area contributed by atoms with Gasteiger partial charge in [0.2, 0.25) is 0 Å². The van der Waals surface area contributed by atoms with E-state index >= 15 is 0 Å². The van der Waals surface area contributed by atoms with Gasteiger partial charge in [0.1, 0.15) is 18.0 Å². The molecule has 1 fully saturated rings. The minimum absolute atomic E-state index is 0.437. The number of hydrogen-bond donors (Lipinski definition) is 4. The van der Waals surface area contributed by atoms with E-state index in [4.69, 9.17) is 9.84 Å². The maximum Gasteiger partial charge on any atom is 0.164 e. The predicted molar refractivity (Wildman–Crippen MR) is 59.1 cm³/mol. The highest BCUT2D eigenvalue weighted by Gasteiger charge is 2.44. The van der Waals surface area contributed by atoms with Gasteiger partial charge in [-0.25, -0.2) is 4.39 Å². The lowest BCUT2D eigenvalue weighted by Crippen LogP contribution is -2.54. The molecule has 5 nitrogen and oxygen atoms in total. The highest BCUT2D eigenvalue weighted by atomic mass is 19.1. The Balaban J connectivity index is 2.24. The largest absolute Gasteiger partial charge is 0.394 e. The normalized spacial score (nSPS) is 36.6. The third-order valence-corrected chi connectivity index (χ3v) is 3.16. The number of halogens is 1. The third-order valence-electron chi connectivity index (χ3n) is 3.16. The van der Waals surface area contributed by atoms with Gasteiger partial charge in [0.25, 0.3) is 0 Å². The second-order valence-electron chi connectivity index (χ2n) is 4.31. The summed E-state index contributed by atoms with van der Waals surface area (Å²) in [5.74, 6) is -1.32. The van der Waals surface area contributed by atoms with Gasteiger partial charge in [0.05, 0.1) is 18.6 Å². The summed E-state index contributed by atoms with van der Waals surface area (Å²) < 4.78 is 17.8.